The van der Waals surface area contributed by atoms with Crippen LogP contribution in [0.3, 0.4) is 0 Å². The predicted octanol–water partition coefficient (Wildman–Crippen LogP) is 1.91. The first-order valence-electron chi connectivity index (χ1n) is 4.87. The van der Waals surface area contributed by atoms with Gasteiger partial charge in [0.05, 0.1) is 10.6 Å². The van der Waals surface area contributed by atoms with Gasteiger partial charge in [0.1, 0.15) is 16.4 Å². The van der Waals surface area contributed by atoms with Gasteiger partial charge in [-0.1, -0.05) is 0 Å². The van der Waals surface area contributed by atoms with Crippen molar-refractivity contribution in [3.05, 3.63) is 4.88 Å². The van der Waals surface area contributed by atoms with E-state index in [9.17, 15) is 26.4 Å². The monoisotopic (exact) mass is 316 g/mol. The van der Waals surface area contributed by atoms with E-state index in [1.54, 1.807) is 0 Å². The van der Waals surface area contributed by atoms with E-state index in [2.05, 4.69) is 0 Å². The number of rotatable bonds is 4. The molecule has 0 aliphatic carbocycles. The number of nitrogens with two attached hydrogens (primary N) is 1. The highest BCUT2D eigenvalue weighted by atomic mass is 32.2. The summed E-state index contributed by atoms with van der Waals surface area (Å²) in [6.45, 7) is -0.255. The number of anilines is 2. The van der Waals surface area contributed by atoms with Gasteiger partial charge in [-0.05, 0) is 0 Å². The number of halogens is 3. The molecular weight excluding hydrogens is 305 g/mol. The Morgan fingerprint density at radius 3 is 2.32 bits per heavy atom. The largest absolute Gasteiger partial charge is 0.405 e. The molecule has 0 atom stereocenters. The molecule has 19 heavy (non-hydrogen) atoms. The quantitative estimate of drug-likeness (QED) is 0.828. The van der Waals surface area contributed by atoms with Crippen molar-refractivity contribution < 1.29 is 26.4 Å². The van der Waals surface area contributed by atoms with Crippen LogP contribution in [-0.4, -0.2) is 33.2 Å². The van der Waals surface area contributed by atoms with Gasteiger partial charge in [-0.15, -0.1) is 11.3 Å². The molecular formula is C9H11F3N2O3S2. The van der Waals surface area contributed by atoms with Crippen LogP contribution in [-0.2, 0) is 9.84 Å². The van der Waals surface area contributed by atoms with Gasteiger partial charge < -0.3 is 11.1 Å². The highest BCUT2D eigenvalue weighted by Crippen LogP contribution is 2.39. The van der Waals surface area contributed by atoms with E-state index in [4.69, 9.17) is 5.73 Å². The average Bonchev–Trinajstić information content (AvgIpc) is 2.50. The number of nitrogens with one attached hydrogen (secondary N) is 1. The number of ketones is 1. The standard InChI is InChI=1S/C9H11F3N2O3S2/c1-4(15)6-5(13)7(19(2,16)17)8(18-6)14-3-9(10,11)12/h14H,3,13H2,1-2H3. The van der Waals surface area contributed by atoms with E-state index in [0.717, 1.165) is 13.2 Å². The SMILES string of the molecule is CC(=O)c1sc(NCC(F)(F)F)c(S(C)(=O)=O)c1N. The number of carbonyl (C=O) groups is 1. The minimum Gasteiger partial charge on any atom is -0.396 e. The van der Waals surface area contributed by atoms with Crippen molar-refractivity contribution in [2.24, 2.45) is 0 Å². The zero-order chi connectivity index (χ0) is 15.0. The Hall–Kier alpha value is -1.29. The predicted molar refractivity (Wildman–Crippen MR) is 66.4 cm³/mol. The zero-order valence-corrected chi connectivity index (χ0v) is 11.6. The van der Waals surface area contributed by atoms with Crippen LogP contribution in [0.15, 0.2) is 4.90 Å². The van der Waals surface area contributed by atoms with Gasteiger partial charge in [0, 0.05) is 13.2 Å². The van der Waals surface area contributed by atoms with Crippen molar-refractivity contribution in [3.63, 3.8) is 0 Å². The Bertz CT molecular complexity index is 605. The minimum atomic E-state index is -4.51. The molecule has 0 amide bonds. The molecule has 10 heteroatoms. The summed E-state index contributed by atoms with van der Waals surface area (Å²) in [5.74, 6) is -0.507. The molecule has 0 aliphatic rings. The summed E-state index contributed by atoms with van der Waals surface area (Å²) < 4.78 is 59.4. The third-order valence-electron chi connectivity index (χ3n) is 2.04. The van der Waals surface area contributed by atoms with Crippen LogP contribution in [0.2, 0.25) is 0 Å². The van der Waals surface area contributed by atoms with Crippen LogP contribution < -0.4 is 11.1 Å². The Labute approximate surface area is 111 Å². The fourth-order valence-electron chi connectivity index (χ4n) is 1.36. The van der Waals surface area contributed by atoms with Gasteiger partial charge >= 0.3 is 6.18 Å². The topological polar surface area (TPSA) is 89.3 Å². The number of nitrogen functional groups attached to an aromatic ring is 1. The summed E-state index contributed by atoms with van der Waals surface area (Å²) in [5, 5.41) is 1.68. The molecule has 0 aromatic carbocycles. The molecule has 0 aliphatic heterocycles. The van der Waals surface area contributed by atoms with Crippen LogP contribution in [0.4, 0.5) is 23.9 Å². The number of Topliss-reactive ketones (excluding diaryl/α,β-unsaturated/α-hetero) is 1. The van der Waals surface area contributed by atoms with Gasteiger partial charge in [-0.3, -0.25) is 4.79 Å². The smallest absolute Gasteiger partial charge is 0.396 e. The number of alkyl halides is 3. The first-order chi connectivity index (χ1) is 8.43. The molecule has 0 spiro atoms. The van der Waals surface area contributed by atoms with E-state index in [1.165, 1.54) is 0 Å². The van der Waals surface area contributed by atoms with Crippen molar-refractivity contribution in [2.45, 2.75) is 18.0 Å². The van der Waals surface area contributed by atoms with E-state index >= 15 is 0 Å². The van der Waals surface area contributed by atoms with Gasteiger partial charge in [-0.25, -0.2) is 8.42 Å². The molecule has 0 bridgehead atoms. The Balaban J connectivity index is 3.31. The van der Waals surface area contributed by atoms with Crippen LogP contribution in [0, 0.1) is 0 Å². The lowest BCUT2D eigenvalue weighted by atomic mass is 10.3. The van der Waals surface area contributed by atoms with E-state index in [-0.39, 0.29) is 15.6 Å². The van der Waals surface area contributed by atoms with Crippen molar-refractivity contribution in [3.8, 4) is 0 Å². The lowest BCUT2D eigenvalue weighted by Crippen LogP contribution is -2.21. The van der Waals surface area contributed by atoms with Crippen molar-refractivity contribution in [1.29, 1.82) is 0 Å². The second kappa shape index (κ2) is 5.00. The Morgan fingerprint density at radius 2 is 1.95 bits per heavy atom. The summed E-state index contributed by atoms with van der Waals surface area (Å²) in [7, 11) is -3.84. The fraction of sp³-hybridized carbons (Fsp3) is 0.444. The fourth-order valence-corrected chi connectivity index (χ4v) is 3.82. The summed E-state index contributed by atoms with van der Waals surface area (Å²) in [6, 6.07) is 0. The maximum absolute atomic E-state index is 12.1. The Kier molecular flexibility index (Phi) is 4.15. The second-order valence-electron chi connectivity index (χ2n) is 3.80. The molecule has 108 valence electrons. The van der Waals surface area contributed by atoms with Crippen molar-refractivity contribution in [1.82, 2.24) is 0 Å². The molecule has 0 fully saturated rings. The lowest BCUT2D eigenvalue weighted by molar-refractivity contribution is -0.115. The van der Waals surface area contributed by atoms with E-state index in [0.29, 0.717) is 11.3 Å². The number of sulfone groups is 1. The molecule has 0 saturated heterocycles. The molecule has 1 rings (SSSR count). The van der Waals surface area contributed by atoms with E-state index in [1.807, 2.05) is 5.32 Å². The molecule has 0 unspecified atom stereocenters. The van der Waals surface area contributed by atoms with Gasteiger partial charge in [0.2, 0.25) is 0 Å². The molecule has 1 aromatic heterocycles. The van der Waals surface area contributed by atoms with Crippen LogP contribution in [0.5, 0.6) is 0 Å². The van der Waals surface area contributed by atoms with Crippen molar-refractivity contribution >= 4 is 37.6 Å². The lowest BCUT2D eigenvalue weighted by Gasteiger charge is -2.09. The number of hydrogen-bond donors (Lipinski definition) is 2. The van der Waals surface area contributed by atoms with Crippen LogP contribution in [0.1, 0.15) is 16.6 Å². The third-order valence-corrected chi connectivity index (χ3v) is 4.60. The van der Waals surface area contributed by atoms with Gasteiger partial charge in [-0.2, -0.15) is 13.2 Å². The highest BCUT2D eigenvalue weighted by molar-refractivity contribution is 7.91. The first kappa shape index (κ1) is 15.8. The average molecular weight is 316 g/mol. The molecule has 0 radical (unpaired) electrons. The zero-order valence-electron chi connectivity index (χ0n) is 9.96. The highest BCUT2D eigenvalue weighted by Gasteiger charge is 2.30. The minimum absolute atomic E-state index is 0.0786. The second-order valence-corrected chi connectivity index (χ2v) is 6.77. The summed E-state index contributed by atoms with van der Waals surface area (Å²) >= 11 is 0.597. The van der Waals surface area contributed by atoms with Gasteiger partial charge in [0.15, 0.2) is 15.6 Å². The third kappa shape index (κ3) is 3.83. The summed E-state index contributed by atoms with van der Waals surface area (Å²) in [6.07, 6.45) is -3.70. The number of hydrogen-bond acceptors (Lipinski definition) is 6. The molecule has 3 N–H and O–H groups in total. The van der Waals surface area contributed by atoms with Crippen LogP contribution >= 0.6 is 11.3 Å². The molecule has 5 nitrogen and oxygen atoms in total. The van der Waals surface area contributed by atoms with E-state index < -0.39 is 33.2 Å². The maximum atomic E-state index is 12.1. The van der Waals surface area contributed by atoms with Crippen LogP contribution in [0.25, 0.3) is 0 Å². The van der Waals surface area contributed by atoms with Crippen molar-refractivity contribution in [2.75, 3.05) is 23.9 Å². The number of carbonyl (C=O) groups excluding carboxylic acids is 1. The summed E-state index contributed by atoms with van der Waals surface area (Å²) in [4.78, 5) is 10.7. The Morgan fingerprint density at radius 1 is 1.42 bits per heavy atom. The normalized spacial score (nSPS) is 12.5. The maximum Gasteiger partial charge on any atom is 0.405 e. The molecule has 1 heterocycles. The van der Waals surface area contributed by atoms with Gasteiger partial charge in [0.25, 0.3) is 0 Å². The first-order valence-corrected chi connectivity index (χ1v) is 7.58. The summed E-state index contributed by atoms with van der Waals surface area (Å²) in [5.41, 5.74) is 5.20. The molecule has 0 saturated carbocycles. The molecule has 1 aromatic rings. The number of thiophene rings is 1.